The highest BCUT2D eigenvalue weighted by molar-refractivity contribution is 6.35. The topological polar surface area (TPSA) is 56.7 Å². The Bertz CT molecular complexity index is 648. The lowest BCUT2D eigenvalue weighted by Gasteiger charge is -2.20. The van der Waals surface area contributed by atoms with Gasteiger partial charge in [0.05, 0.1) is 0 Å². The van der Waals surface area contributed by atoms with E-state index in [9.17, 15) is 4.79 Å². The molecule has 2 N–H and O–H groups in total. The summed E-state index contributed by atoms with van der Waals surface area (Å²) < 4.78 is 0. The fourth-order valence-corrected chi connectivity index (χ4v) is 3.54. The molecule has 1 fully saturated rings. The number of carbonyl (C=O) groups excluding carboxylic acids is 1. The summed E-state index contributed by atoms with van der Waals surface area (Å²) >= 11 is 12.1. The smallest absolute Gasteiger partial charge is 0.225 e. The van der Waals surface area contributed by atoms with Crippen LogP contribution in [0.5, 0.6) is 0 Å². The summed E-state index contributed by atoms with van der Waals surface area (Å²) in [6.07, 6.45) is 2.75. The first-order valence-corrected chi connectivity index (χ1v) is 9.86. The molecule has 1 amide bonds. The van der Waals surface area contributed by atoms with Gasteiger partial charge >= 0.3 is 0 Å². The third kappa shape index (κ3) is 6.06. The molecule has 1 aromatic rings. The number of aliphatic imine (C=N–C) groups is 1. The van der Waals surface area contributed by atoms with Crippen LogP contribution in [0, 0.1) is 5.92 Å². The van der Waals surface area contributed by atoms with Crippen LogP contribution in [0.1, 0.15) is 32.3 Å². The summed E-state index contributed by atoms with van der Waals surface area (Å²) in [4.78, 5) is 18.3. The number of rotatable bonds is 6. The van der Waals surface area contributed by atoms with Gasteiger partial charge in [-0.1, -0.05) is 43.1 Å². The van der Waals surface area contributed by atoms with Gasteiger partial charge < -0.3 is 15.5 Å². The van der Waals surface area contributed by atoms with Crippen molar-refractivity contribution in [3.8, 4) is 0 Å². The predicted molar refractivity (Wildman–Crippen MR) is 109 cm³/mol. The Kier molecular flexibility index (Phi) is 8.04. The average Bonchev–Trinajstić information content (AvgIpc) is 3.06. The first-order chi connectivity index (χ1) is 12.4. The second-order valence-corrected chi connectivity index (χ2v) is 7.75. The Hall–Kier alpha value is -1.46. The van der Waals surface area contributed by atoms with Gasteiger partial charge in [-0.15, -0.1) is 0 Å². The normalized spacial score (nSPS) is 17.7. The number of amides is 1. The van der Waals surface area contributed by atoms with Crippen molar-refractivity contribution in [1.29, 1.82) is 0 Å². The molecule has 5 nitrogen and oxygen atoms in total. The van der Waals surface area contributed by atoms with Crippen molar-refractivity contribution in [3.05, 3.63) is 33.8 Å². The van der Waals surface area contributed by atoms with Crippen molar-refractivity contribution in [2.24, 2.45) is 10.9 Å². The highest BCUT2D eigenvalue weighted by atomic mass is 35.5. The van der Waals surface area contributed by atoms with Crippen LogP contribution in [0.3, 0.4) is 0 Å². The highest BCUT2D eigenvalue weighted by Crippen LogP contribution is 2.21. The third-order valence-corrected chi connectivity index (χ3v) is 5.08. The maximum Gasteiger partial charge on any atom is 0.225 e. The van der Waals surface area contributed by atoms with E-state index in [0.717, 1.165) is 50.4 Å². The number of aryl methyl sites for hydroxylation is 1. The Morgan fingerprint density at radius 1 is 1.38 bits per heavy atom. The van der Waals surface area contributed by atoms with E-state index in [1.807, 2.05) is 30.9 Å². The van der Waals surface area contributed by atoms with E-state index in [1.54, 1.807) is 13.1 Å². The van der Waals surface area contributed by atoms with Crippen LogP contribution in [0.4, 0.5) is 0 Å². The minimum atomic E-state index is 0.0471. The zero-order valence-electron chi connectivity index (χ0n) is 15.7. The molecule has 1 heterocycles. The lowest BCUT2D eigenvalue weighted by Crippen LogP contribution is -2.45. The summed E-state index contributed by atoms with van der Waals surface area (Å²) in [7, 11) is 1.76. The van der Waals surface area contributed by atoms with Gasteiger partial charge in [0.25, 0.3) is 0 Å². The Morgan fingerprint density at radius 3 is 2.81 bits per heavy atom. The highest BCUT2D eigenvalue weighted by Gasteiger charge is 2.27. The summed E-state index contributed by atoms with van der Waals surface area (Å²) in [5.41, 5.74) is 1.10. The quantitative estimate of drug-likeness (QED) is 0.438. The molecule has 1 saturated heterocycles. The lowest BCUT2D eigenvalue weighted by molar-refractivity contribution is -0.133. The molecule has 0 bridgehead atoms. The van der Waals surface area contributed by atoms with Gasteiger partial charge in [-0.05, 0) is 37.0 Å². The van der Waals surface area contributed by atoms with E-state index in [2.05, 4.69) is 15.6 Å². The van der Waals surface area contributed by atoms with Crippen LogP contribution in [0.2, 0.25) is 10.0 Å². The minimum absolute atomic E-state index is 0.0471. The largest absolute Gasteiger partial charge is 0.356 e. The molecule has 1 aliphatic heterocycles. The molecule has 0 saturated carbocycles. The number of hydrogen-bond acceptors (Lipinski definition) is 2. The zero-order valence-corrected chi connectivity index (χ0v) is 17.2. The molecule has 0 spiro atoms. The van der Waals surface area contributed by atoms with Crippen LogP contribution in [0.25, 0.3) is 0 Å². The van der Waals surface area contributed by atoms with Gasteiger partial charge in [-0.3, -0.25) is 9.79 Å². The van der Waals surface area contributed by atoms with Crippen LogP contribution in [-0.2, 0) is 11.2 Å². The molecule has 0 radical (unpaired) electrons. The van der Waals surface area contributed by atoms with E-state index >= 15 is 0 Å². The molecule has 7 heteroatoms. The van der Waals surface area contributed by atoms with Crippen molar-refractivity contribution >= 4 is 35.1 Å². The Morgan fingerprint density at radius 2 is 2.15 bits per heavy atom. The monoisotopic (exact) mass is 398 g/mol. The van der Waals surface area contributed by atoms with Gasteiger partial charge in [0.15, 0.2) is 5.96 Å². The number of nitrogens with zero attached hydrogens (tertiary/aromatic N) is 2. The van der Waals surface area contributed by atoms with Gasteiger partial charge in [0.1, 0.15) is 0 Å². The van der Waals surface area contributed by atoms with Crippen LogP contribution >= 0.6 is 23.2 Å². The molecule has 0 aliphatic carbocycles. The Balaban J connectivity index is 1.72. The molecule has 2 rings (SSSR count). The molecule has 1 aromatic carbocycles. The predicted octanol–water partition coefficient (Wildman–Crippen LogP) is 3.35. The van der Waals surface area contributed by atoms with Crippen molar-refractivity contribution < 1.29 is 4.79 Å². The summed E-state index contributed by atoms with van der Waals surface area (Å²) in [5, 5.41) is 8.10. The van der Waals surface area contributed by atoms with E-state index in [-0.39, 0.29) is 17.9 Å². The summed E-state index contributed by atoms with van der Waals surface area (Å²) in [6, 6.07) is 5.85. The average molecular weight is 399 g/mol. The Labute approximate surface area is 166 Å². The maximum absolute atomic E-state index is 12.1. The van der Waals surface area contributed by atoms with E-state index < -0.39 is 0 Å². The van der Waals surface area contributed by atoms with Gasteiger partial charge in [-0.2, -0.15) is 0 Å². The maximum atomic E-state index is 12.1. The van der Waals surface area contributed by atoms with Crippen LogP contribution in [0.15, 0.2) is 23.2 Å². The number of carbonyl (C=O) groups is 1. The fraction of sp³-hybridized carbons (Fsp3) is 0.579. The molecule has 0 aromatic heterocycles. The van der Waals surface area contributed by atoms with E-state index in [0.29, 0.717) is 10.0 Å². The standard InChI is InChI=1S/C19H28Cl2N4O/c1-13(2)18(26)25-10-8-16(12-25)24-19(22-3)23-9-4-5-14-6-7-15(20)11-17(14)21/h6-7,11,13,16H,4-5,8-10,12H2,1-3H3,(H2,22,23,24). The molecule has 1 aliphatic rings. The second kappa shape index (κ2) is 10.0. The van der Waals surface area contributed by atoms with Crippen molar-refractivity contribution in [2.45, 2.75) is 39.2 Å². The van der Waals surface area contributed by atoms with Crippen LogP contribution < -0.4 is 10.6 Å². The van der Waals surface area contributed by atoms with Gasteiger partial charge in [0, 0.05) is 48.7 Å². The van der Waals surface area contributed by atoms with E-state index in [1.165, 1.54) is 0 Å². The van der Waals surface area contributed by atoms with E-state index in [4.69, 9.17) is 23.2 Å². The number of guanidine groups is 1. The lowest BCUT2D eigenvalue weighted by atomic mass is 10.1. The van der Waals surface area contributed by atoms with Crippen molar-refractivity contribution in [1.82, 2.24) is 15.5 Å². The molecule has 1 atom stereocenters. The van der Waals surface area contributed by atoms with Crippen molar-refractivity contribution in [3.63, 3.8) is 0 Å². The number of likely N-dealkylation sites (tertiary alicyclic amines) is 1. The molecule has 144 valence electrons. The number of halogens is 2. The van der Waals surface area contributed by atoms with Crippen LogP contribution in [-0.4, -0.2) is 49.5 Å². The second-order valence-electron chi connectivity index (χ2n) is 6.91. The molecular formula is C19H28Cl2N4O. The minimum Gasteiger partial charge on any atom is -0.356 e. The fourth-order valence-electron chi connectivity index (χ4n) is 3.04. The number of benzene rings is 1. The summed E-state index contributed by atoms with van der Waals surface area (Å²) in [6.45, 7) is 6.21. The number of nitrogens with one attached hydrogen (secondary N) is 2. The molecule has 26 heavy (non-hydrogen) atoms. The first kappa shape index (κ1) is 20.8. The third-order valence-electron chi connectivity index (χ3n) is 4.49. The summed E-state index contributed by atoms with van der Waals surface area (Å²) in [5.74, 6) is 1.04. The van der Waals surface area contributed by atoms with Gasteiger partial charge in [-0.25, -0.2) is 0 Å². The molecular weight excluding hydrogens is 371 g/mol. The zero-order chi connectivity index (χ0) is 19.1. The van der Waals surface area contributed by atoms with Crippen molar-refractivity contribution in [2.75, 3.05) is 26.7 Å². The molecule has 1 unspecified atom stereocenters. The number of hydrogen-bond donors (Lipinski definition) is 2. The first-order valence-electron chi connectivity index (χ1n) is 9.10. The SMILES string of the molecule is CN=C(NCCCc1ccc(Cl)cc1Cl)NC1CCN(C(=O)C(C)C)C1. The van der Waals surface area contributed by atoms with Gasteiger partial charge in [0.2, 0.25) is 5.91 Å².